The zero-order valence-electron chi connectivity index (χ0n) is 17.6. The Morgan fingerprint density at radius 2 is 1.72 bits per heavy atom. The van der Waals surface area contributed by atoms with Crippen molar-refractivity contribution >= 4 is 27.8 Å². The Balaban J connectivity index is 1.80. The molecule has 3 aromatic rings. The third kappa shape index (κ3) is 2.90. The van der Waals surface area contributed by atoms with Crippen molar-refractivity contribution < 1.29 is 4.79 Å². The van der Waals surface area contributed by atoms with E-state index in [9.17, 15) is 4.79 Å². The number of rotatable bonds is 1. The SMILES string of the molecule is Cc1ccc(C2Nc3ccc4ccccc4c3C3=C2C(=O)CC(C)(C)C3)cc1C. The first-order valence-corrected chi connectivity index (χ1v) is 10.5. The first-order chi connectivity index (χ1) is 13.8. The highest BCUT2D eigenvalue weighted by Gasteiger charge is 2.40. The van der Waals surface area contributed by atoms with Crippen LogP contribution in [0.4, 0.5) is 5.69 Å². The van der Waals surface area contributed by atoms with E-state index >= 15 is 0 Å². The van der Waals surface area contributed by atoms with Crippen LogP contribution in [0, 0.1) is 19.3 Å². The number of ketones is 1. The minimum Gasteiger partial charge on any atom is -0.373 e. The summed E-state index contributed by atoms with van der Waals surface area (Å²) in [7, 11) is 0. The smallest absolute Gasteiger partial charge is 0.162 e. The fourth-order valence-electron chi connectivity index (χ4n) is 5.03. The van der Waals surface area contributed by atoms with E-state index in [0.717, 1.165) is 17.7 Å². The monoisotopic (exact) mass is 381 g/mol. The number of carbonyl (C=O) groups is 1. The predicted octanol–water partition coefficient (Wildman–Crippen LogP) is 6.77. The van der Waals surface area contributed by atoms with Crippen LogP contribution in [-0.2, 0) is 4.79 Å². The van der Waals surface area contributed by atoms with Gasteiger partial charge >= 0.3 is 0 Å². The normalized spacial score (nSPS) is 20.3. The molecular weight excluding hydrogens is 354 g/mol. The highest BCUT2D eigenvalue weighted by molar-refractivity contribution is 6.12. The second-order valence-electron chi connectivity index (χ2n) is 9.46. The van der Waals surface area contributed by atoms with Crippen molar-refractivity contribution in [1.29, 1.82) is 0 Å². The average molecular weight is 382 g/mol. The quantitative estimate of drug-likeness (QED) is 0.504. The summed E-state index contributed by atoms with van der Waals surface area (Å²) in [4.78, 5) is 13.4. The fraction of sp³-hybridized carbons (Fsp3) is 0.296. The number of allylic oxidation sites excluding steroid dienone is 1. The maximum Gasteiger partial charge on any atom is 0.162 e. The van der Waals surface area contributed by atoms with Crippen molar-refractivity contribution in [3.05, 3.63) is 82.4 Å². The standard InChI is InChI=1S/C27H27NO/c1-16-9-10-19(13-17(16)2)26-25-21(14-27(3,4)15-23(25)29)24-20-8-6-5-7-18(20)11-12-22(24)28-26/h5-13,26,28H,14-15H2,1-4H3. The second kappa shape index (κ2) is 6.32. The molecule has 3 aromatic carbocycles. The summed E-state index contributed by atoms with van der Waals surface area (Å²) in [6.45, 7) is 8.71. The van der Waals surface area contributed by atoms with E-state index in [4.69, 9.17) is 0 Å². The molecule has 0 spiro atoms. The average Bonchev–Trinajstić information content (AvgIpc) is 2.68. The number of benzene rings is 3. The number of aryl methyl sites for hydroxylation is 2. The molecule has 0 bridgehead atoms. The van der Waals surface area contributed by atoms with Gasteiger partial charge in [-0.1, -0.05) is 62.4 Å². The molecule has 2 nitrogen and oxygen atoms in total. The second-order valence-corrected chi connectivity index (χ2v) is 9.46. The van der Waals surface area contributed by atoms with Crippen molar-refractivity contribution in [2.75, 3.05) is 5.32 Å². The lowest BCUT2D eigenvalue weighted by Crippen LogP contribution is -2.33. The van der Waals surface area contributed by atoms with Crippen LogP contribution < -0.4 is 5.32 Å². The Morgan fingerprint density at radius 1 is 0.931 bits per heavy atom. The van der Waals surface area contributed by atoms with Crippen molar-refractivity contribution in [1.82, 2.24) is 0 Å². The topological polar surface area (TPSA) is 29.1 Å². The van der Waals surface area contributed by atoms with E-state index in [1.165, 1.54) is 38.6 Å². The van der Waals surface area contributed by atoms with Crippen LogP contribution in [0.15, 0.2) is 60.2 Å². The largest absolute Gasteiger partial charge is 0.373 e. The molecule has 1 heterocycles. The minimum absolute atomic E-state index is 0.0186. The van der Waals surface area contributed by atoms with Gasteiger partial charge in [0.1, 0.15) is 0 Å². The lowest BCUT2D eigenvalue weighted by atomic mass is 9.68. The molecule has 0 radical (unpaired) electrons. The maximum atomic E-state index is 13.4. The molecule has 2 heteroatoms. The third-order valence-corrected chi connectivity index (χ3v) is 6.60. The molecule has 2 aliphatic rings. The van der Waals surface area contributed by atoms with E-state index in [-0.39, 0.29) is 17.2 Å². The Bertz CT molecular complexity index is 1200. The fourth-order valence-corrected chi connectivity index (χ4v) is 5.03. The summed E-state index contributed by atoms with van der Waals surface area (Å²) in [6, 6.07) is 19.4. The molecule has 0 aromatic heterocycles. The summed E-state index contributed by atoms with van der Waals surface area (Å²) in [5.41, 5.74) is 8.26. The van der Waals surface area contributed by atoms with E-state index in [1.54, 1.807) is 0 Å². The van der Waals surface area contributed by atoms with Crippen LogP contribution in [0.25, 0.3) is 16.3 Å². The van der Waals surface area contributed by atoms with Gasteiger partial charge in [-0.15, -0.1) is 0 Å². The lowest BCUT2D eigenvalue weighted by Gasteiger charge is -2.40. The van der Waals surface area contributed by atoms with Gasteiger partial charge in [0.25, 0.3) is 0 Å². The number of nitrogens with one attached hydrogen (secondary N) is 1. The predicted molar refractivity (Wildman–Crippen MR) is 121 cm³/mol. The summed E-state index contributed by atoms with van der Waals surface area (Å²) in [6.07, 6.45) is 1.53. The van der Waals surface area contributed by atoms with Gasteiger partial charge in [-0.25, -0.2) is 0 Å². The molecule has 0 fully saturated rings. The summed E-state index contributed by atoms with van der Waals surface area (Å²) >= 11 is 0. The van der Waals surface area contributed by atoms with Crippen molar-refractivity contribution in [2.45, 2.75) is 46.6 Å². The van der Waals surface area contributed by atoms with Crippen LogP contribution in [0.2, 0.25) is 0 Å². The first-order valence-electron chi connectivity index (χ1n) is 10.5. The summed E-state index contributed by atoms with van der Waals surface area (Å²) < 4.78 is 0. The van der Waals surface area contributed by atoms with Gasteiger partial charge in [-0.2, -0.15) is 0 Å². The number of fused-ring (bicyclic) bond motifs is 4. The maximum absolute atomic E-state index is 13.4. The lowest BCUT2D eigenvalue weighted by molar-refractivity contribution is -0.118. The number of carbonyl (C=O) groups excluding carboxylic acids is 1. The van der Waals surface area contributed by atoms with E-state index < -0.39 is 0 Å². The Labute approximate surface area is 172 Å². The summed E-state index contributed by atoms with van der Waals surface area (Å²) in [5, 5.41) is 6.18. The zero-order valence-corrected chi connectivity index (χ0v) is 17.6. The molecule has 0 amide bonds. The molecule has 0 saturated carbocycles. The van der Waals surface area contributed by atoms with Gasteiger partial charge in [0.05, 0.1) is 6.04 Å². The van der Waals surface area contributed by atoms with Crippen LogP contribution in [0.3, 0.4) is 0 Å². The molecule has 0 saturated heterocycles. The molecule has 146 valence electrons. The third-order valence-electron chi connectivity index (χ3n) is 6.60. The zero-order chi connectivity index (χ0) is 20.3. The number of Topliss-reactive ketones (excluding diaryl/α,β-unsaturated/α-hetero) is 1. The van der Waals surface area contributed by atoms with Crippen LogP contribution in [0.5, 0.6) is 0 Å². The molecule has 1 N–H and O–H groups in total. The van der Waals surface area contributed by atoms with Gasteiger partial charge in [0, 0.05) is 23.2 Å². The Hall–Kier alpha value is -2.87. The molecule has 5 rings (SSSR count). The van der Waals surface area contributed by atoms with Crippen molar-refractivity contribution in [3.8, 4) is 0 Å². The van der Waals surface area contributed by atoms with E-state index in [2.05, 4.69) is 87.6 Å². The van der Waals surface area contributed by atoms with Gasteiger partial charge in [-0.05, 0) is 64.8 Å². The van der Waals surface area contributed by atoms with Crippen LogP contribution >= 0.6 is 0 Å². The van der Waals surface area contributed by atoms with Gasteiger partial charge < -0.3 is 5.32 Å². The van der Waals surface area contributed by atoms with Gasteiger partial charge in [0.15, 0.2) is 5.78 Å². The number of hydrogen-bond donors (Lipinski definition) is 1. The molecular formula is C27H27NO. The van der Waals surface area contributed by atoms with Crippen LogP contribution in [-0.4, -0.2) is 5.78 Å². The number of anilines is 1. The first kappa shape index (κ1) is 18.2. The Morgan fingerprint density at radius 3 is 2.52 bits per heavy atom. The number of hydrogen-bond acceptors (Lipinski definition) is 2. The van der Waals surface area contributed by atoms with Crippen molar-refractivity contribution in [2.24, 2.45) is 5.41 Å². The van der Waals surface area contributed by atoms with Gasteiger partial charge in [0.2, 0.25) is 0 Å². The molecule has 29 heavy (non-hydrogen) atoms. The molecule has 1 atom stereocenters. The molecule has 1 aliphatic carbocycles. The highest BCUT2D eigenvalue weighted by Crippen LogP contribution is 2.52. The van der Waals surface area contributed by atoms with E-state index in [0.29, 0.717) is 6.42 Å². The van der Waals surface area contributed by atoms with E-state index in [1.807, 2.05) is 0 Å². The van der Waals surface area contributed by atoms with Crippen LogP contribution in [0.1, 0.15) is 55.0 Å². The summed E-state index contributed by atoms with van der Waals surface area (Å²) in [5.74, 6) is 0.283. The molecule has 1 unspecified atom stereocenters. The van der Waals surface area contributed by atoms with Gasteiger partial charge in [-0.3, -0.25) is 4.79 Å². The highest BCUT2D eigenvalue weighted by atomic mass is 16.1. The molecule has 1 aliphatic heterocycles. The Kier molecular flexibility index (Phi) is 3.96. The minimum atomic E-state index is -0.0819. The van der Waals surface area contributed by atoms with Crippen molar-refractivity contribution in [3.63, 3.8) is 0 Å².